The van der Waals surface area contributed by atoms with Crippen molar-refractivity contribution in [2.75, 3.05) is 7.05 Å². The van der Waals surface area contributed by atoms with Crippen LogP contribution in [-0.2, 0) is 13.1 Å². The molecule has 3 rings (SSSR count). The van der Waals surface area contributed by atoms with Crippen molar-refractivity contribution in [1.82, 2.24) is 30.1 Å². The first kappa shape index (κ1) is 15.2. The second-order valence-electron chi connectivity index (χ2n) is 5.14. The first-order valence-corrected chi connectivity index (χ1v) is 7.38. The van der Waals surface area contributed by atoms with Crippen molar-refractivity contribution in [3.8, 4) is 0 Å². The molecule has 7 nitrogen and oxygen atoms in total. The molecule has 0 radical (unpaired) electrons. The van der Waals surface area contributed by atoms with Gasteiger partial charge in [0.25, 0.3) is 5.91 Å². The van der Waals surface area contributed by atoms with Gasteiger partial charge in [0.1, 0.15) is 0 Å². The number of H-pyrrole nitrogens is 1. The fraction of sp³-hybridized carbons (Fsp3) is 0.200. The van der Waals surface area contributed by atoms with E-state index in [1.54, 1.807) is 29.0 Å². The number of carbonyl (C=O) groups is 1. The van der Waals surface area contributed by atoms with Gasteiger partial charge in [0.2, 0.25) is 0 Å². The number of amides is 1. The van der Waals surface area contributed by atoms with Crippen molar-refractivity contribution in [2.24, 2.45) is 0 Å². The van der Waals surface area contributed by atoms with E-state index in [-0.39, 0.29) is 5.91 Å². The molecular weight excluding hydrogens is 316 g/mol. The summed E-state index contributed by atoms with van der Waals surface area (Å²) in [4.78, 5) is 13.9. The maximum absolute atomic E-state index is 12.4. The molecule has 0 bridgehead atoms. The molecule has 3 aromatic rings. The minimum Gasteiger partial charge on any atom is -0.334 e. The maximum Gasteiger partial charge on any atom is 0.276 e. The molecule has 1 amide bonds. The summed E-state index contributed by atoms with van der Waals surface area (Å²) in [6.45, 7) is 0.889. The highest BCUT2D eigenvalue weighted by atomic mass is 35.5. The number of halogens is 1. The normalized spacial score (nSPS) is 10.7. The third-order valence-corrected chi connectivity index (χ3v) is 3.73. The summed E-state index contributed by atoms with van der Waals surface area (Å²) in [7, 11) is 1.70. The van der Waals surface area contributed by atoms with Crippen LogP contribution in [0.25, 0.3) is 0 Å². The van der Waals surface area contributed by atoms with Crippen LogP contribution in [0.5, 0.6) is 0 Å². The number of aromatic nitrogens is 5. The zero-order valence-electron chi connectivity index (χ0n) is 12.5. The van der Waals surface area contributed by atoms with E-state index in [1.807, 2.05) is 30.3 Å². The van der Waals surface area contributed by atoms with E-state index in [4.69, 9.17) is 11.6 Å². The highest BCUT2D eigenvalue weighted by Gasteiger charge is 2.16. The molecule has 1 aromatic carbocycles. The fourth-order valence-electron chi connectivity index (χ4n) is 2.17. The Hall–Kier alpha value is -2.67. The number of rotatable bonds is 5. The highest BCUT2D eigenvalue weighted by molar-refractivity contribution is 6.31. The summed E-state index contributed by atoms with van der Waals surface area (Å²) in [5.74, 6) is -0.204. The summed E-state index contributed by atoms with van der Waals surface area (Å²) in [5, 5.41) is 15.3. The number of aromatic amines is 1. The molecule has 0 unspecified atom stereocenters. The molecule has 8 heteroatoms. The quantitative estimate of drug-likeness (QED) is 0.775. The predicted octanol–water partition coefficient (Wildman–Crippen LogP) is 1.98. The minimum absolute atomic E-state index is 0.204. The number of hydrogen-bond acceptors (Lipinski definition) is 4. The van der Waals surface area contributed by atoms with E-state index in [1.165, 1.54) is 0 Å². The van der Waals surface area contributed by atoms with E-state index in [0.29, 0.717) is 23.8 Å². The maximum atomic E-state index is 12.4. The minimum atomic E-state index is -0.204. The Labute approximate surface area is 137 Å². The van der Waals surface area contributed by atoms with Crippen LogP contribution < -0.4 is 0 Å². The number of benzene rings is 1. The van der Waals surface area contributed by atoms with E-state index >= 15 is 0 Å². The van der Waals surface area contributed by atoms with Gasteiger partial charge in [-0.25, -0.2) is 4.68 Å². The van der Waals surface area contributed by atoms with Crippen LogP contribution in [0.4, 0.5) is 0 Å². The van der Waals surface area contributed by atoms with Crippen molar-refractivity contribution >= 4 is 17.5 Å². The van der Waals surface area contributed by atoms with Gasteiger partial charge in [-0.1, -0.05) is 35.0 Å². The van der Waals surface area contributed by atoms with Crippen molar-refractivity contribution in [3.63, 3.8) is 0 Å². The molecule has 0 aliphatic heterocycles. The monoisotopic (exact) mass is 330 g/mol. The van der Waals surface area contributed by atoms with Crippen molar-refractivity contribution in [3.05, 3.63) is 64.7 Å². The first-order chi connectivity index (χ1) is 11.1. The van der Waals surface area contributed by atoms with Gasteiger partial charge in [-0.2, -0.15) is 5.10 Å². The Bertz CT molecular complexity index is 798. The summed E-state index contributed by atoms with van der Waals surface area (Å²) in [6, 6.07) is 9.32. The lowest BCUT2D eigenvalue weighted by Crippen LogP contribution is -2.26. The van der Waals surface area contributed by atoms with Gasteiger partial charge in [-0.15, -0.1) is 5.10 Å². The molecule has 0 saturated heterocycles. The van der Waals surface area contributed by atoms with Gasteiger partial charge in [-0.05, 0) is 17.7 Å². The molecule has 1 N–H and O–H groups in total. The zero-order chi connectivity index (χ0) is 16.2. The van der Waals surface area contributed by atoms with Gasteiger partial charge in [0.15, 0.2) is 5.69 Å². The molecular formula is C15H15ClN6O. The largest absolute Gasteiger partial charge is 0.334 e. The van der Waals surface area contributed by atoms with Crippen LogP contribution in [-0.4, -0.2) is 43.0 Å². The fourth-order valence-corrected chi connectivity index (χ4v) is 2.37. The van der Waals surface area contributed by atoms with Gasteiger partial charge in [-0.3, -0.25) is 9.89 Å². The van der Waals surface area contributed by atoms with E-state index in [2.05, 4.69) is 20.5 Å². The number of carbonyl (C=O) groups excluding carboxylic acids is 1. The number of nitrogens with zero attached hydrogens (tertiary/aromatic N) is 5. The Morgan fingerprint density at radius 1 is 1.35 bits per heavy atom. The Balaban J connectivity index is 1.68. The second-order valence-corrected chi connectivity index (χ2v) is 5.54. The molecule has 0 fully saturated rings. The summed E-state index contributed by atoms with van der Waals surface area (Å²) >= 11 is 6.13. The summed E-state index contributed by atoms with van der Waals surface area (Å²) < 4.78 is 1.60. The lowest BCUT2D eigenvalue weighted by Gasteiger charge is -2.13. The third kappa shape index (κ3) is 3.57. The van der Waals surface area contributed by atoms with E-state index in [0.717, 1.165) is 11.3 Å². The molecule has 0 spiro atoms. The lowest BCUT2D eigenvalue weighted by atomic mass is 10.2. The first-order valence-electron chi connectivity index (χ1n) is 7.01. The third-order valence-electron chi connectivity index (χ3n) is 3.36. The van der Waals surface area contributed by atoms with Gasteiger partial charge in [0, 0.05) is 18.3 Å². The van der Waals surface area contributed by atoms with Crippen molar-refractivity contribution in [2.45, 2.75) is 13.1 Å². The van der Waals surface area contributed by atoms with Crippen LogP contribution in [0.15, 0.2) is 42.7 Å². The standard InChI is InChI=1S/C15H15ClN6O/c1-21(9-12-6-7-17-18-12)15(23)14-10-22(20-19-14)8-11-4-2-3-5-13(11)16/h2-7,10H,8-9H2,1H3,(H,17,18). The van der Waals surface area contributed by atoms with Crippen LogP contribution in [0.2, 0.25) is 5.02 Å². The van der Waals surface area contributed by atoms with Crippen LogP contribution >= 0.6 is 11.6 Å². The average Bonchev–Trinajstić information content (AvgIpc) is 3.20. The number of hydrogen-bond donors (Lipinski definition) is 1. The van der Waals surface area contributed by atoms with Crippen LogP contribution in [0, 0.1) is 0 Å². The van der Waals surface area contributed by atoms with Crippen LogP contribution in [0.3, 0.4) is 0 Å². The van der Waals surface area contributed by atoms with Crippen molar-refractivity contribution < 1.29 is 4.79 Å². The summed E-state index contributed by atoms with van der Waals surface area (Å²) in [5.41, 5.74) is 2.06. The Morgan fingerprint density at radius 3 is 2.91 bits per heavy atom. The molecule has 23 heavy (non-hydrogen) atoms. The van der Waals surface area contributed by atoms with E-state index < -0.39 is 0 Å². The average molecular weight is 331 g/mol. The second kappa shape index (κ2) is 6.62. The molecule has 2 heterocycles. The van der Waals surface area contributed by atoms with Crippen molar-refractivity contribution in [1.29, 1.82) is 0 Å². The summed E-state index contributed by atoms with van der Waals surface area (Å²) in [6.07, 6.45) is 3.27. The van der Waals surface area contributed by atoms with Crippen LogP contribution in [0.1, 0.15) is 21.7 Å². The van der Waals surface area contributed by atoms with E-state index in [9.17, 15) is 4.79 Å². The van der Waals surface area contributed by atoms with Gasteiger partial charge < -0.3 is 4.90 Å². The molecule has 0 saturated carbocycles. The predicted molar refractivity (Wildman–Crippen MR) is 85.0 cm³/mol. The Kier molecular flexibility index (Phi) is 4.38. The molecule has 2 aromatic heterocycles. The molecule has 0 aliphatic rings. The lowest BCUT2D eigenvalue weighted by molar-refractivity contribution is 0.0777. The molecule has 0 aliphatic carbocycles. The SMILES string of the molecule is CN(Cc1ccn[nH]1)C(=O)c1cn(Cc2ccccc2Cl)nn1. The number of nitrogens with one attached hydrogen (secondary N) is 1. The highest BCUT2D eigenvalue weighted by Crippen LogP contribution is 2.16. The van der Waals surface area contributed by atoms with Gasteiger partial charge >= 0.3 is 0 Å². The van der Waals surface area contributed by atoms with Gasteiger partial charge in [0.05, 0.1) is 25.0 Å². The zero-order valence-corrected chi connectivity index (χ0v) is 13.2. The molecule has 0 atom stereocenters. The topological polar surface area (TPSA) is 79.7 Å². The Morgan fingerprint density at radius 2 is 2.17 bits per heavy atom. The molecule has 118 valence electrons. The smallest absolute Gasteiger partial charge is 0.276 e.